The van der Waals surface area contributed by atoms with Crippen molar-refractivity contribution in [3.05, 3.63) is 11.6 Å². The first-order valence-corrected chi connectivity index (χ1v) is 10.7. The molecule has 152 valence electrons. The summed E-state index contributed by atoms with van der Waals surface area (Å²) in [5, 5.41) is 7.51. The summed E-state index contributed by atoms with van der Waals surface area (Å²) in [5.41, 5.74) is 0.437. The zero-order chi connectivity index (χ0) is 19.1. The molecule has 1 N–H and O–H groups in total. The quantitative estimate of drug-likeness (QED) is 0.856. The maximum atomic E-state index is 12.7. The Morgan fingerprint density at radius 1 is 1.04 bits per heavy atom. The number of likely N-dealkylation sites (tertiary alicyclic amines) is 2. The average molecular weight is 391 g/mol. The number of carbonyl (C=O) groups is 1. The molecule has 8 heteroatoms. The van der Waals surface area contributed by atoms with Gasteiger partial charge in [0, 0.05) is 55.3 Å². The number of aromatic nitrogens is 3. The third-order valence-corrected chi connectivity index (χ3v) is 7.81. The van der Waals surface area contributed by atoms with Gasteiger partial charge in [0.1, 0.15) is 5.82 Å². The van der Waals surface area contributed by atoms with Gasteiger partial charge in [-0.3, -0.25) is 5.10 Å². The van der Waals surface area contributed by atoms with Crippen LogP contribution in [0.1, 0.15) is 68.4 Å². The van der Waals surface area contributed by atoms with Crippen LogP contribution < -0.4 is 0 Å². The Balaban J connectivity index is 0.949. The largest absolute Gasteiger partial charge is 0.323 e. The number of urea groups is 1. The van der Waals surface area contributed by atoms with Gasteiger partial charge in [0.15, 0.2) is 5.82 Å². The van der Waals surface area contributed by atoms with E-state index in [9.17, 15) is 13.6 Å². The van der Waals surface area contributed by atoms with E-state index in [1.807, 2.05) is 9.80 Å². The first-order valence-electron chi connectivity index (χ1n) is 10.7. The van der Waals surface area contributed by atoms with Crippen molar-refractivity contribution in [2.24, 2.45) is 16.7 Å². The van der Waals surface area contributed by atoms with Crippen molar-refractivity contribution < 1.29 is 13.6 Å². The molecule has 6 nitrogen and oxygen atoms in total. The lowest BCUT2D eigenvalue weighted by Gasteiger charge is -2.63. The molecule has 5 fully saturated rings. The van der Waals surface area contributed by atoms with E-state index in [4.69, 9.17) is 0 Å². The highest BCUT2D eigenvalue weighted by molar-refractivity contribution is 5.77. The monoisotopic (exact) mass is 391 g/mol. The second kappa shape index (κ2) is 5.66. The highest BCUT2D eigenvalue weighted by Gasteiger charge is 2.58. The number of aromatic amines is 1. The van der Waals surface area contributed by atoms with Crippen LogP contribution in [0.2, 0.25) is 0 Å². The number of amides is 2. The number of nitrogens with zero attached hydrogens (tertiary/aromatic N) is 4. The summed E-state index contributed by atoms with van der Waals surface area (Å²) in [5.74, 6) is 3.22. The van der Waals surface area contributed by atoms with Crippen LogP contribution in [0.3, 0.4) is 0 Å². The standard InChI is InChI=1S/C20H27F2N5O/c21-15(22)3-12-4-19(5-12)8-26(9-19)18(28)27-10-20(11-27)6-14(7-20)17-23-16(24-25-17)13-1-2-13/h12-15H,1-11H2,(H,23,24,25). The Kier molecular flexibility index (Phi) is 3.47. The Morgan fingerprint density at radius 3 is 2.21 bits per heavy atom. The molecule has 0 aromatic carbocycles. The van der Waals surface area contributed by atoms with Crippen molar-refractivity contribution in [3.63, 3.8) is 0 Å². The third-order valence-electron chi connectivity index (χ3n) is 7.81. The molecule has 2 amide bonds. The Bertz CT molecular complexity index is 778. The highest BCUT2D eigenvalue weighted by atomic mass is 19.3. The summed E-state index contributed by atoms with van der Waals surface area (Å²) >= 11 is 0. The molecule has 28 heavy (non-hydrogen) atoms. The highest BCUT2D eigenvalue weighted by Crippen LogP contribution is 2.57. The first kappa shape index (κ1) is 17.2. The lowest BCUT2D eigenvalue weighted by molar-refractivity contribution is -0.108. The fourth-order valence-electron chi connectivity index (χ4n) is 6.28. The number of nitrogens with one attached hydrogen (secondary N) is 1. The number of alkyl halides is 2. The molecule has 1 aromatic rings. The maximum Gasteiger partial charge on any atom is 0.320 e. The molecule has 0 bridgehead atoms. The number of carbonyl (C=O) groups excluding carboxylic acids is 1. The fraction of sp³-hybridized carbons (Fsp3) is 0.850. The van der Waals surface area contributed by atoms with Gasteiger partial charge in [0.05, 0.1) is 0 Å². The van der Waals surface area contributed by atoms with Gasteiger partial charge >= 0.3 is 6.03 Å². The molecular formula is C20H27F2N5O. The van der Waals surface area contributed by atoms with E-state index in [0.717, 1.165) is 63.5 Å². The molecule has 3 aliphatic carbocycles. The first-order chi connectivity index (χ1) is 13.4. The smallest absolute Gasteiger partial charge is 0.320 e. The topological polar surface area (TPSA) is 65.1 Å². The van der Waals surface area contributed by atoms with Crippen LogP contribution in [-0.4, -0.2) is 63.6 Å². The predicted molar refractivity (Wildman–Crippen MR) is 97.1 cm³/mol. The normalized spacial score (nSPS) is 28.2. The number of rotatable bonds is 4. The molecule has 5 aliphatic rings. The van der Waals surface area contributed by atoms with E-state index in [1.165, 1.54) is 12.8 Å². The predicted octanol–water partition coefficient (Wildman–Crippen LogP) is 3.35. The number of H-pyrrole nitrogens is 1. The Morgan fingerprint density at radius 2 is 1.64 bits per heavy atom. The van der Waals surface area contributed by atoms with Crippen molar-refractivity contribution in [1.29, 1.82) is 0 Å². The van der Waals surface area contributed by atoms with Gasteiger partial charge in [0.2, 0.25) is 6.43 Å². The molecule has 6 rings (SSSR count). The molecule has 0 radical (unpaired) electrons. The molecule has 1 aromatic heterocycles. The zero-order valence-corrected chi connectivity index (χ0v) is 16.0. The van der Waals surface area contributed by atoms with Crippen LogP contribution in [0.4, 0.5) is 13.6 Å². The summed E-state index contributed by atoms with van der Waals surface area (Å²) < 4.78 is 24.9. The van der Waals surface area contributed by atoms with Crippen molar-refractivity contribution in [2.75, 3.05) is 26.2 Å². The molecule has 2 aliphatic heterocycles. The van der Waals surface area contributed by atoms with Crippen LogP contribution in [0.25, 0.3) is 0 Å². The van der Waals surface area contributed by atoms with Gasteiger partial charge in [-0.05, 0) is 44.4 Å². The van der Waals surface area contributed by atoms with E-state index >= 15 is 0 Å². The lowest BCUT2D eigenvalue weighted by atomic mass is 9.56. The molecular weight excluding hydrogens is 364 g/mol. The van der Waals surface area contributed by atoms with Gasteiger partial charge in [-0.2, -0.15) is 5.10 Å². The molecule has 0 unspecified atom stereocenters. The van der Waals surface area contributed by atoms with E-state index < -0.39 is 6.43 Å². The molecule has 3 saturated carbocycles. The van der Waals surface area contributed by atoms with E-state index in [1.54, 1.807) is 0 Å². The van der Waals surface area contributed by atoms with Gasteiger partial charge in [-0.15, -0.1) is 0 Å². The third kappa shape index (κ3) is 2.66. The number of hydrogen-bond donors (Lipinski definition) is 1. The number of halogens is 2. The minimum absolute atomic E-state index is 0.0263. The summed E-state index contributed by atoms with van der Waals surface area (Å²) in [6.45, 7) is 3.22. The summed E-state index contributed by atoms with van der Waals surface area (Å²) in [6, 6.07) is 0.144. The second-order valence-corrected chi connectivity index (χ2v) is 10.4. The van der Waals surface area contributed by atoms with Gasteiger partial charge in [-0.25, -0.2) is 18.6 Å². The Hall–Kier alpha value is -1.73. The van der Waals surface area contributed by atoms with Gasteiger partial charge < -0.3 is 9.80 Å². The minimum Gasteiger partial charge on any atom is -0.323 e. The summed E-state index contributed by atoms with van der Waals surface area (Å²) in [7, 11) is 0. The average Bonchev–Trinajstić information content (AvgIpc) is 3.24. The van der Waals surface area contributed by atoms with Crippen molar-refractivity contribution in [2.45, 2.75) is 63.2 Å². The van der Waals surface area contributed by atoms with Crippen molar-refractivity contribution in [1.82, 2.24) is 25.0 Å². The molecule has 2 saturated heterocycles. The van der Waals surface area contributed by atoms with Crippen LogP contribution >= 0.6 is 0 Å². The van der Waals surface area contributed by atoms with Crippen molar-refractivity contribution in [3.8, 4) is 0 Å². The minimum atomic E-state index is -2.19. The van der Waals surface area contributed by atoms with Crippen LogP contribution in [0.5, 0.6) is 0 Å². The van der Waals surface area contributed by atoms with Crippen LogP contribution in [0, 0.1) is 16.7 Å². The van der Waals surface area contributed by atoms with E-state index in [2.05, 4.69) is 15.2 Å². The maximum absolute atomic E-state index is 12.7. The lowest BCUT2D eigenvalue weighted by Crippen LogP contribution is -2.70. The van der Waals surface area contributed by atoms with Gasteiger partial charge in [0.25, 0.3) is 0 Å². The summed E-state index contributed by atoms with van der Waals surface area (Å²) in [6.07, 6.45) is 4.18. The second-order valence-electron chi connectivity index (χ2n) is 10.4. The number of hydrogen-bond acceptors (Lipinski definition) is 3. The Labute approximate surface area is 163 Å². The molecule has 3 heterocycles. The fourth-order valence-corrected chi connectivity index (χ4v) is 6.28. The summed E-state index contributed by atoms with van der Waals surface area (Å²) in [4.78, 5) is 21.2. The van der Waals surface area contributed by atoms with Crippen molar-refractivity contribution >= 4 is 6.03 Å². The SMILES string of the molecule is O=C(N1CC2(CC(CC(F)F)C2)C1)N1CC2(CC(c3n[nH]c(C4CC4)n3)C2)C1. The van der Waals surface area contributed by atoms with Crippen LogP contribution in [-0.2, 0) is 0 Å². The van der Waals surface area contributed by atoms with E-state index in [0.29, 0.717) is 11.8 Å². The van der Waals surface area contributed by atoms with E-state index in [-0.39, 0.29) is 29.2 Å². The van der Waals surface area contributed by atoms with Gasteiger partial charge in [-0.1, -0.05) is 0 Å². The molecule has 2 spiro atoms. The zero-order valence-electron chi connectivity index (χ0n) is 16.0. The van der Waals surface area contributed by atoms with Crippen LogP contribution in [0.15, 0.2) is 0 Å². The molecule has 0 atom stereocenters.